The standard InChI is InChI=1S/C23H30BrN3O4/c1-23(2,3)31-22(28)27-11-4-6-18(27)21-25-17(14-19-29-12-5-13-30-19)20(26-21)15-7-9-16(24)10-8-15/h7-10,18-19H,4-6,11-14H2,1-3H3,(H,25,26)/t18-/m0/s1. The molecule has 0 aliphatic carbocycles. The number of ether oxygens (including phenoxy) is 3. The number of benzene rings is 1. The van der Waals surface area contributed by atoms with E-state index < -0.39 is 5.60 Å². The molecule has 2 fully saturated rings. The highest BCUT2D eigenvalue weighted by Crippen LogP contribution is 2.35. The first-order chi connectivity index (χ1) is 14.8. The lowest BCUT2D eigenvalue weighted by Gasteiger charge is -2.27. The van der Waals surface area contributed by atoms with Crippen molar-refractivity contribution in [1.82, 2.24) is 14.9 Å². The Bertz CT molecular complexity index is 901. The largest absolute Gasteiger partial charge is 0.444 e. The molecule has 2 saturated heterocycles. The van der Waals surface area contributed by atoms with E-state index in [1.807, 2.05) is 45.0 Å². The van der Waals surface area contributed by atoms with E-state index in [1.54, 1.807) is 4.90 Å². The van der Waals surface area contributed by atoms with Crippen LogP contribution in [0, 0.1) is 0 Å². The first-order valence-electron chi connectivity index (χ1n) is 10.9. The van der Waals surface area contributed by atoms with Crippen molar-refractivity contribution in [2.24, 2.45) is 0 Å². The van der Waals surface area contributed by atoms with Gasteiger partial charge in [0.05, 0.1) is 30.6 Å². The molecule has 1 atom stereocenters. The maximum atomic E-state index is 12.8. The molecule has 0 radical (unpaired) electrons. The van der Waals surface area contributed by atoms with Gasteiger partial charge in [-0.1, -0.05) is 28.1 Å². The number of halogens is 1. The van der Waals surface area contributed by atoms with Gasteiger partial charge in [0.1, 0.15) is 11.4 Å². The third-order valence-electron chi connectivity index (χ3n) is 5.38. The molecule has 0 spiro atoms. The average Bonchev–Trinajstić information content (AvgIpc) is 3.35. The number of amides is 1. The van der Waals surface area contributed by atoms with Gasteiger partial charge in [-0.2, -0.15) is 0 Å². The van der Waals surface area contributed by atoms with Crippen molar-refractivity contribution >= 4 is 22.0 Å². The van der Waals surface area contributed by atoms with Crippen LogP contribution < -0.4 is 0 Å². The Kier molecular flexibility index (Phi) is 6.69. The molecule has 0 unspecified atom stereocenters. The van der Waals surface area contributed by atoms with Gasteiger partial charge in [-0.25, -0.2) is 9.78 Å². The van der Waals surface area contributed by atoms with E-state index in [0.29, 0.717) is 26.2 Å². The van der Waals surface area contributed by atoms with Crippen molar-refractivity contribution in [2.75, 3.05) is 19.8 Å². The van der Waals surface area contributed by atoms with Crippen LogP contribution in [0.3, 0.4) is 0 Å². The van der Waals surface area contributed by atoms with Crippen LogP contribution in [0.2, 0.25) is 0 Å². The van der Waals surface area contributed by atoms with E-state index >= 15 is 0 Å². The molecule has 3 heterocycles. The van der Waals surface area contributed by atoms with Crippen molar-refractivity contribution in [3.63, 3.8) is 0 Å². The number of hydrogen-bond acceptors (Lipinski definition) is 5. The van der Waals surface area contributed by atoms with Gasteiger partial charge in [-0.05, 0) is 57.7 Å². The van der Waals surface area contributed by atoms with Gasteiger partial charge in [-0.3, -0.25) is 4.90 Å². The number of aromatic amines is 1. The van der Waals surface area contributed by atoms with E-state index in [4.69, 9.17) is 19.2 Å². The lowest BCUT2D eigenvalue weighted by Crippen LogP contribution is -2.36. The van der Waals surface area contributed by atoms with E-state index in [-0.39, 0.29) is 18.4 Å². The predicted molar refractivity (Wildman–Crippen MR) is 121 cm³/mol. The van der Waals surface area contributed by atoms with Crippen LogP contribution in [0.5, 0.6) is 0 Å². The lowest BCUT2D eigenvalue weighted by molar-refractivity contribution is -0.177. The third-order valence-corrected chi connectivity index (χ3v) is 5.91. The second-order valence-electron chi connectivity index (χ2n) is 9.01. The topological polar surface area (TPSA) is 76.7 Å². The molecule has 31 heavy (non-hydrogen) atoms. The molecule has 1 amide bonds. The molecule has 2 aliphatic rings. The highest BCUT2D eigenvalue weighted by molar-refractivity contribution is 9.10. The van der Waals surface area contributed by atoms with Gasteiger partial charge in [0, 0.05) is 17.4 Å². The molecule has 0 bridgehead atoms. The molecular formula is C23H30BrN3O4. The highest BCUT2D eigenvalue weighted by atomic mass is 79.9. The summed E-state index contributed by atoms with van der Waals surface area (Å²) < 4.78 is 18.2. The van der Waals surface area contributed by atoms with Crippen LogP contribution in [0.1, 0.15) is 57.6 Å². The summed E-state index contributed by atoms with van der Waals surface area (Å²) in [4.78, 5) is 23.0. The third kappa shape index (κ3) is 5.48. The summed E-state index contributed by atoms with van der Waals surface area (Å²) in [7, 11) is 0. The Hall–Kier alpha value is -1.90. The molecule has 1 N–H and O–H groups in total. The summed E-state index contributed by atoms with van der Waals surface area (Å²) in [6.45, 7) is 7.72. The Morgan fingerprint density at radius 3 is 2.61 bits per heavy atom. The van der Waals surface area contributed by atoms with Crippen molar-refractivity contribution in [3.8, 4) is 11.3 Å². The zero-order valence-electron chi connectivity index (χ0n) is 18.3. The second-order valence-corrected chi connectivity index (χ2v) is 9.93. The number of H-pyrrole nitrogens is 1. The fourth-order valence-electron chi connectivity index (χ4n) is 3.99. The summed E-state index contributed by atoms with van der Waals surface area (Å²) in [5.41, 5.74) is 2.34. The van der Waals surface area contributed by atoms with E-state index in [0.717, 1.165) is 46.5 Å². The number of carbonyl (C=O) groups is 1. The molecule has 2 aromatic rings. The zero-order valence-corrected chi connectivity index (χ0v) is 19.9. The van der Waals surface area contributed by atoms with E-state index in [2.05, 4.69) is 20.9 Å². The quantitative estimate of drug-likeness (QED) is 0.634. The summed E-state index contributed by atoms with van der Waals surface area (Å²) in [5, 5.41) is 0. The normalized spacial score (nSPS) is 20.3. The molecular weight excluding hydrogens is 462 g/mol. The molecule has 1 aromatic heterocycles. The number of rotatable bonds is 4. The number of hydrogen-bond donors (Lipinski definition) is 1. The molecule has 0 saturated carbocycles. The fraction of sp³-hybridized carbons (Fsp3) is 0.565. The molecule has 2 aliphatic heterocycles. The van der Waals surface area contributed by atoms with Gasteiger partial charge in [0.25, 0.3) is 0 Å². The van der Waals surface area contributed by atoms with E-state index in [9.17, 15) is 4.79 Å². The summed E-state index contributed by atoms with van der Waals surface area (Å²) in [6, 6.07) is 7.98. The minimum atomic E-state index is -0.531. The number of aromatic nitrogens is 2. The fourth-order valence-corrected chi connectivity index (χ4v) is 4.26. The van der Waals surface area contributed by atoms with Gasteiger partial charge in [0.15, 0.2) is 6.29 Å². The van der Waals surface area contributed by atoms with E-state index in [1.165, 1.54) is 0 Å². The predicted octanol–water partition coefficient (Wildman–Crippen LogP) is 5.22. The van der Waals surface area contributed by atoms with Crippen LogP contribution in [-0.2, 0) is 20.6 Å². The number of carbonyl (C=O) groups excluding carboxylic acids is 1. The zero-order chi connectivity index (χ0) is 22.0. The monoisotopic (exact) mass is 491 g/mol. The van der Waals surface area contributed by atoms with Gasteiger partial charge >= 0.3 is 6.09 Å². The Balaban J connectivity index is 1.63. The van der Waals surface area contributed by atoms with Crippen molar-refractivity contribution in [2.45, 2.75) is 64.4 Å². The van der Waals surface area contributed by atoms with Crippen molar-refractivity contribution in [1.29, 1.82) is 0 Å². The van der Waals surface area contributed by atoms with Crippen LogP contribution in [-0.4, -0.2) is 52.6 Å². The van der Waals surface area contributed by atoms with Gasteiger partial charge < -0.3 is 19.2 Å². The van der Waals surface area contributed by atoms with Gasteiger partial charge in [0.2, 0.25) is 0 Å². The van der Waals surface area contributed by atoms with Crippen molar-refractivity contribution in [3.05, 3.63) is 40.3 Å². The smallest absolute Gasteiger partial charge is 0.410 e. The van der Waals surface area contributed by atoms with Crippen LogP contribution >= 0.6 is 15.9 Å². The Morgan fingerprint density at radius 2 is 1.94 bits per heavy atom. The van der Waals surface area contributed by atoms with Crippen LogP contribution in [0.4, 0.5) is 4.79 Å². The maximum Gasteiger partial charge on any atom is 0.410 e. The summed E-state index contributed by atoms with van der Waals surface area (Å²) >= 11 is 3.50. The first-order valence-corrected chi connectivity index (χ1v) is 11.7. The first kappa shape index (κ1) is 22.3. The second kappa shape index (κ2) is 9.30. The number of imidazole rings is 1. The Labute approximate surface area is 191 Å². The van der Waals surface area contributed by atoms with Gasteiger partial charge in [-0.15, -0.1) is 0 Å². The molecule has 8 heteroatoms. The minimum absolute atomic E-state index is 0.133. The lowest BCUT2D eigenvalue weighted by atomic mass is 10.1. The summed E-state index contributed by atoms with van der Waals surface area (Å²) in [6.07, 6.45) is 2.64. The molecule has 7 nitrogen and oxygen atoms in total. The molecule has 1 aromatic carbocycles. The number of nitrogens with zero attached hydrogens (tertiary/aromatic N) is 2. The average molecular weight is 492 g/mol. The van der Waals surface area contributed by atoms with Crippen molar-refractivity contribution < 1.29 is 19.0 Å². The van der Waals surface area contributed by atoms with Crippen LogP contribution in [0.15, 0.2) is 28.7 Å². The highest BCUT2D eigenvalue weighted by Gasteiger charge is 2.35. The molecule has 4 rings (SSSR count). The number of nitrogens with one attached hydrogen (secondary N) is 1. The maximum absolute atomic E-state index is 12.8. The minimum Gasteiger partial charge on any atom is -0.444 e. The molecule has 168 valence electrons. The SMILES string of the molecule is CC(C)(C)OC(=O)N1CCC[C@H]1c1nc(CC2OCCCO2)c(-c2ccc(Br)cc2)[nH]1. The number of likely N-dealkylation sites (tertiary alicyclic amines) is 1. The Morgan fingerprint density at radius 1 is 1.23 bits per heavy atom. The summed E-state index contributed by atoms with van der Waals surface area (Å²) in [5.74, 6) is 0.784. The van der Waals surface area contributed by atoms with Crippen LogP contribution in [0.25, 0.3) is 11.3 Å².